The number of benzene rings is 2. The second-order valence-corrected chi connectivity index (χ2v) is 9.80. The Morgan fingerprint density at radius 2 is 1.70 bits per heavy atom. The standard InChI is InChI=1S/C22H26Cl3NS/c1-14-6-7-15(2)19(14)5-3-4-16-8-9-17(23)12-22(16)26-27-18-10-11-20(24)21(25)13-18/h8-15,19,26H,3-7H2,1-2H3. The fraction of sp³-hybridized carbons (Fsp3) is 0.455. The number of hydrogen-bond acceptors (Lipinski definition) is 2. The molecular formula is C22H26Cl3NS. The van der Waals surface area contributed by atoms with Gasteiger partial charge in [0, 0.05) is 15.6 Å². The Hall–Kier alpha value is -0.540. The molecule has 0 saturated heterocycles. The van der Waals surface area contributed by atoms with Crippen LogP contribution < -0.4 is 4.72 Å². The lowest BCUT2D eigenvalue weighted by atomic mass is 9.86. The highest BCUT2D eigenvalue weighted by Crippen LogP contribution is 2.40. The molecule has 2 atom stereocenters. The number of halogens is 3. The molecule has 3 rings (SSSR count). The number of aryl methyl sites for hydroxylation is 1. The Morgan fingerprint density at radius 1 is 0.963 bits per heavy atom. The van der Waals surface area contributed by atoms with Crippen LogP contribution in [0.1, 0.15) is 45.1 Å². The predicted octanol–water partition coefficient (Wildman–Crippen LogP) is 8.77. The van der Waals surface area contributed by atoms with Gasteiger partial charge in [0.1, 0.15) is 0 Å². The van der Waals surface area contributed by atoms with Crippen LogP contribution in [0.5, 0.6) is 0 Å². The van der Waals surface area contributed by atoms with Crippen molar-refractivity contribution in [2.45, 2.75) is 50.8 Å². The third-order valence-corrected chi connectivity index (χ3v) is 7.55. The van der Waals surface area contributed by atoms with Crippen LogP contribution in [0.15, 0.2) is 41.3 Å². The molecule has 0 spiro atoms. The minimum atomic E-state index is 0.564. The maximum atomic E-state index is 6.23. The van der Waals surface area contributed by atoms with Crippen molar-refractivity contribution in [3.63, 3.8) is 0 Å². The van der Waals surface area contributed by atoms with E-state index >= 15 is 0 Å². The number of rotatable bonds is 7. The molecule has 1 aliphatic rings. The summed E-state index contributed by atoms with van der Waals surface area (Å²) >= 11 is 19.9. The Kier molecular flexibility index (Phi) is 7.67. The predicted molar refractivity (Wildman–Crippen MR) is 121 cm³/mol. The molecule has 1 aliphatic carbocycles. The smallest absolute Gasteiger partial charge is 0.0604 e. The highest BCUT2D eigenvalue weighted by atomic mass is 35.5. The quantitative estimate of drug-likeness (QED) is 0.430. The fourth-order valence-electron chi connectivity index (χ4n) is 4.13. The average Bonchev–Trinajstić information content (AvgIpc) is 2.96. The van der Waals surface area contributed by atoms with Gasteiger partial charge >= 0.3 is 0 Å². The molecular weight excluding hydrogens is 417 g/mol. The summed E-state index contributed by atoms with van der Waals surface area (Å²) in [6, 6.07) is 11.8. The molecule has 2 unspecified atom stereocenters. The van der Waals surface area contributed by atoms with Crippen molar-refractivity contribution in [1.82, 2.24) is 0 Å². The van der Waals surface area contributed by atoms with Crippen LogP contribution in [0.4, 0.5) is 5.69 Å². The van der Waals surface area contributed by atoms with Gasteiger partial charge in [0.25, 0.3) is 0 Å². The summed E-state index contributed by atoms with van der Waals surface area (Å²) in [6.07, 6.45) is 6.37. The minimum Gasteiger partial charge on any atom is -0.325 e. The molecule has 1 N–H and O–H groups in total. The third-order valence-electron chi connectivity index (χ3n) is 5.76. The Balaban J connectivity index is 1.61. The van der Waals surface area contributed by atoms with Crippen molar-refractivity contribution in [2.75, 3.05) is 4.72 Å². The van der Waals surface area contributed by atoms with Gasteiger partial charge in [-0.1, -0.05) is 67.6 Å². The van der Waals surface area contributed by atoms with Crippen molar-refractivity contribution in [3.8, 4) is 0 Å². The molecule has 0 amide bonds. The highest BCUT2D eigenvalue weighted by molar-refractivity contribution is 8.00. The van der Waals surface area contributed by atoms with E-state index in [0.717, 1.165) is 39.8 Å². The first-order valence-corrected chi connectivity index (χ1v) is 11.6. The van der Waals surface area contributed by atoms with Crippen molar-refractivity contribution in [2.24, 2.45) is 17.8 Å². The molecule has 1 nitrogen and oxygen atoms in total. The lowest BCUT2D eigenvalue weighted by Gasteiger charge is -2.20. The summed E-state index contributed by atoms with van der Waals surface area (Å²) in [5.41, 5.74) is 2.39. The summed E-state index contributed by atoms with van der Waals surface area (Å²) in [5.74, 6) is 2.61. The maximum Gasteiger partial charge on any atom is 0.0604 e. The van der Waals surface area contributed by atoms with E-state index in [1.165, 1.54) is 43.2 Å². The number of anilines is 1. The molecule has 1 fully saturated rings. The average molecular weight is 443 g/mol. The molecule has 0 radical (unpaired) electrons. The van der Waals surface area contributed by atoms with Crippen LogP contribution in [0.3, 0.4) is 0 Å². The van der Waals surface area contributed by atoms with E-state index in [1.54, 1.807) is 0 Å². The van der Waals surface area contributed by atoms with E-state index in [4.69, 9.17) is 34.8 Å². The van der Waals surface area contributed by atoms with E-state index in [0.29, 0.717) is 10.0 Å². The van der Waals surface area contributed by atoms with Crippen LogP contribution in [0.25, 0.3) is 0 Å². The van der Waals surface area contributed by atoms with Crippen molar-refractivity contribution >= 4 is 52.4 Å². The SMILES string of the molecule is CC1CCC(C)C1CCCc1ccc(Cl)cc1NSc1ccc(Cl)c(Cl)c1. The topological polar surface area (TPSA) is 12.0 Å². The Bertz CT molecular complexity index is 770. The van der Waals surface area contributed by atoms with E-state index in [2.05, 4.69) is 24.6 Å². The molecule has 2 aromatic carbocycles. The molecule has 1 saturated carbocycles. The first-order valence-electron chi connectivity index (χ1n) is 9.60. The lowest BCUT2D eigenvalue weighted by Crippen LogP contribution is -2.11. The Labute approximate surface area is 182 Å². The van der Waals surface area contributed by atoms with E-state index in [1.807, 2.05) is 30.3 Å². The maximum absolute atomic E-state index is 6.23. The molecule has 27 heavy (non-hydrogen) atoms. The van der Waals surface area contributed by atoms with Gasteiger partial charge in [-0.05, 0) is 84.9 Å². The van der Waals surface area contributed by atoms with Gasteiger partial charge in [0.15, 0.2) is 0 Å². The van der Waals surface area contributed by atoms with Crippen LogP contribution in [-0.2, 0) is 6.42 Å². The van der Waals surface area contributed by atoms with Gasteiger partial charge in [-0.25, -0.2) is 0 Å². The first kappa shape index (κ1) is 21.2. The number of nitrogens with one attached hydrogen (secondary N) is 1. The van der Waals surface area contributed by atoms with Crippen molar-refractivity contribution < 1.29 is 0 Å². The van der Waals surface area contributed by atoms with Crippen LogP contribution in [-0.4, -0.2) is 0 Å². The van der Waals surface area contributed by atoms with Gasteiger partial charge in [0.2, 0.25) is 0 Å². The zero-order chi connectivity index (χ0) is 19.4. The van der Waals surface area contributed by atoms with Gasteiger partial charge in [-0.2, -0.15) is 0 Å². The second-order valence-electron chi connectivity index (χ2n) is 7.67. The van der Waals surface area contributed by atoms with E-state index in [9.17, 15) is 0 Å². The fourth-order valence-corrected chi connectivity index (χ4v) is 5.39. The monoisotopic (exact) mass is 441 g/mol. The molecule has 0 bridgehead atoms. The lowest BCUT2D eigenvalue weighted by molar-refractivity contribution is 0.316. The largest absolute Gasteiger partial charge is 0.325 e. The summed E-state index contributed by atoms with van der Waals surface area (Å²) < 4.78 is 3.44. The first-order chi connectivity index (χ1) is 12.9. The Morgan fingerprint density at radius 3 is 2.41 bits per heavy atom. The molecule has 2 aromatic rings. The minimum absolute atomic E-state index is 0.564. The van der Waals surface area contributed by atoms with Crippen LogP contribution in [0, 0.1) is 17.8 Å². The van der Waals surface area contributed by atoms with E-state index < -0.39 is 0 Å². The van der Waals surface area contributed by atoms with Crippen molar-refractivity contribution in [1.29, 1.82) is 0 Å². The van der Waals surface area contributed by atoms with Gasteiger partial charge in [-0.15, -0.1) is 0 Å². The van der Waals surface area contributed by atoms with Gasteiger partial charge in [0.05, 0.1) is 10.0 Å². The summed E-state index contributed by atoms with van der Waals surface area (Å²) in [5, 5.41) is 1.88. The summed E-state index contributed by atoms with van der Waals surface area (Å²) in [4.78, 5) is 1.02. The zero-order valence-electron chi connectivity index (χ0n) is 15.8. The summed E-state index contributed by atoms with van der Waals surface area (Å²) in [6.45, 7) is 4.83. The van der Waals surface area contributed by atoms with Gasteiger partial charge < -0.3 is 4.72 Å². The zero-order valence-corrected chi connectivity index (χ0v) is 18.9. The number of hydrogen-bond donors (Lipinski definition) is 1. The molecule has 0 aliphatic heterocycles. The second kappa shape index (κ2) is 9.78. The van der Waals surface area contributed by atoms with Gasteiger partial charge in [-0.3, -0.25) is 0 Å². The molecule has 146 valence electrons. The molecule has 0 heterocycles. The van der Waals surface area contributed by atoms with Crippen molar-refractivity contribution in [3.05, 3.63) is 57.0 Å². The third kappa shape index (κ3) is 5.73. The summed E-state index contributed by atoms with van der Waals surface area (Å²) in [7, 11) is 0. The highest BCUT2D eigenvalue weighted by Gasteiger charge is 2.29. The normalized spacial score (nSPS) is 22.2. The molecule has 0 aromatic heterocycles. The van der Waals surface area contributed by atoms with Crippen LogP contribution in [0.2, 0.25) is 15.1 Å². The molecule has 5 heteroatoms. The van der Waals surface area contributed by atoms with Crippen LogP contribution >= 0.6 is 46.8 Å². The van der Waals surface area contributed by atoms with E-state index in [-0.39, 0.29) is 0 Å².